The summed E-state index contributed by atoms with van der Waals surface area (Å²) in [6.45, 7) is 4.88. The van der Waals surface area contributed by atoms with Crippen molar-refractivity contribution >= 4 is 17.5 Å². The van der Waals surface area contributed by atoms with Gasteiger partial charge in [-0.05, 0) is 37.3 Å². The molecule has 0 aromatic heterocycles. The minimum atomic E-state index is -2.67. The molecule has 7 heteroatoms. The monoisotopic (exact) mass is 338 g/mol. The van der Waals surface area contributed by atoms with E-state index in [0.717, 1.165) is 0 Å². The Morgan fingerprint density at radius 3 is 2.54 bits per heavy atom. The van der Waals surface area contributed by atoms with Crippen LogP contribution in [0.4, 0.5) is 14.5 Å². The second kappa shape index (κ2) is 7.09. The lowest BCUT2D eigenvalue weighted by Crippen LogP contribution is -2.55. The number of ether oxygens (including phenoxy) is 1. The summed E-state index contributed by atoms with van der Waals surface area (Å²) >= 11 is 0. The Labute approximate surface area is 139 Å². The number of carbonyl (C=O) groups excluding carboxylic acids is 2. The van der Waals surface area contributed by atoms with Gasteiger partial charge in [-0.15, -0.1) is 0 Å². The molecule has 0 saturated carbocycles. The molecule has 1 heterocycles. The summed E-state index contributed by atoms with van der Waals surface area (Å²) < 4.78 is 31.3. The summed E-state index contributed by atoms with van der Waals surface area (Å²) in [5.41, 5.74) is -0.669. The van der Waals surface area contributed by atoms with E-state index in [1.807, 2.05) is 0 Å². The van der Waals surface area contributed by atoms with E-state index in [2.05, 4.69) is 6.58 Å². The molecule has 0 aliphatic carbocycles. The summed E-state index contributed by atoms with van der Waals surface area (Å²) in [7, 11) is 1.59. The van der Waals surface area contributed by atoms with Crippen LogP contribution in [0.5, 0.6) is 0 Å². The molecule has 1 aromatic carbocycles. The van der Waals surface area contributed by atoms with E-state index >= 15 is 0 Å². The van der Waals surface area contributed by atoms with Crippen molar-refractivity contribution in [1.82, 2.24) is 4.90 Å². The topological polar surface area (TPSA) is 49.9 Å². The molecule has 1 atom stereocenters. The molecule has 0 N–H and O–H groups in total. The average Bonchev–Trinajstić information content (AvgIpc) is 2.59. The first-order chi connectivity index (χ1) is 11.3. The van der Waals surface area contributed by atoms with Crippen LogP contribution in [0.3, 0.4) is 0 Å². The van der Waals surface area contributed by atoms with E-state index in [0.29, 0.717) is 11.3 Å². The number of hydrogen-bond acceptors (Lipinski definition) is 3. The quantitative estimate of drug-likeness (QED) is 0.792. The number of likely N-dealkylation sites (N-methyl/N-ethyl adjacent to an activating group) is 1. The number of carbonyl (C=O) groups is 2. The molecule has 0 spiro atoms. The zero-order chi connectivity index (χ0) is 17.9. The molecule has 0 bridgehead atoms. The number of nitrogens with zero attached hydrogens (tertiary/aromatic N) is 2. The molecule has 1 saturated heterocycles. The Balaban J connectivity index is 2.12. The predicted octanol–water partition coefficient (Wildman–Crippen LogP) is 2.33. The summed E-state index contributed by atoms with van der Waals surface area (Å²) in [6.07, 6.45) is -1.48. The first-order valence-corrected chi connectivity index (χ1v) is 7.50. The molecule has 2 rings (SSSR count). The van der Waals surface area contributed by atoms with E-state index in [-0.39, 0.29) is 31.5 Å². The SMILES string of the molecule is C=CC(=O)N(C)c1ccc(C(=O)N2CCOC(C)(C(F)F)C2)cc1. The molecule has 130 valence electrons. The van der Waals surface area contributed by atoms with E-state index in [4.69, 9.17) is 4.74 Å². The lowest BCUT2D eigenvalue weighted by molar-refractivity contribution is -0.162. The highest BCUT2D eigenvalue weighted by atomic mass is 19.3. The van der Waals surface area contributed by atoms with Crippen LogP contribution in [0, 0.1) is 0 Å². The van der Waals surface area contributed by atoms with E-state index in [9.17, 15) is 18.4 Å². The summed E-state index contributed by atoms with van der Waals surface area (Å²) in [5, 5.41) is 0. The van der Waals surface area contributed by atoms with Gasteiger partial charge in [0.25, 0.3) is 12.3 Å². The van der Waals surface area contributed by atoms with Crippen LogP contribution in [0.25, 0.3) is 0 Å². The van der Waals surface area contributed by atoms with Crippen LogP contribution in [0.2, 0.25) is 0 Å². The van der Waals surface area contributed by atoms with Crippen LogP contribution in [-0.2, 0) is 9.53 Å². The third-order valence-electron chi connectivity index (χ3n) is 4.05. The Bertz CT molecular complexity index is 633. The van der Waals surface area contributed by atoms with Crippen molar-refractivity contribution in [3.05, 3.63) is 42.5 Å². The normalized spacial score (nSPS) is 20.8. The molecule has 1 fully saturated rings. The molecule has 1 aliphatic rings. The number of alkyl halides is 2. The number of morpholine rings is 1. The fourth-order valence-electron chi connectivity index (χ4n) is 2.47. The van der Waals surface area contributed by atoms with Crippen LogP contribution in [-0.4, -0.2) is 55.5 Å². The fourth-order valence-corrected chi connectivity index (χ4v) is 2.47. The third-order valence-corrected chi connectivity index (χ3v) is 4.05. The summed E-state index contributed by atoms with van der Waals surface area (Å²) in [6, 6.07) is 6.39. The van der Waals surface area contributed by atoms with Gasteiger partial charge in [0.15, 0.2) is 0 Å². The number of amides is 2. The van der Waals surface area contributed by atoms with Gasteiger partial charge in [0.05, 0.1) is 13.2 Å². The van der Waals surface area contributed by atoms with Crippen LogP contribution < -0.4 is 4.90 Å². The molecule has 5 nitrogen and oxygen atoms in total. The van der Waals surface area contributed by atoms with Crippen molar-refractivity contribution < 1.29 is 23.1 Å². The summed E-state index contributed by atoms with van der Waals surface area (Å²) in [4.78, 5) is 26.8. The second-order valence-electron chi connectivity index (χ2n) is 5.84. The smallest absolute Gasteiger partial charge is 0.268 e. The van der Waals surface area contributed by atoms with Crippen molar-refractivity contribution in [2.75, 3.05) is 31.6 Å². The highest BCUT2D eigenvalue weighted by Gasteiger charge is 2.42. The second-order valence-corrected chi connectivity index (χ2v) is 5.84. The van der Waals surface area contributed by atoms with Crippen molar-refractivity contribution in [3.63, 3.8) is 0 Å². The number of halogens is 2. The van der Waals surface area contributed by atoms with Crippen LogP contribution in [0.15, 0.2) is 36.9 Å². The maximum atomic E-state index is 13.1. The van der Waals surface area contributed by atoms with Crippen molar-refractivity contribution in [2.45, 2.75) is 19.0 Å². The molecule has 1 aromatic rings. The van der Waals surface area contributed by atoms with E-state index in [1.54, 1.807) is 31.3 Å². The fraction of sp³-hybridized carbons (Fsp3) is 0.412. The first kappa shape index (κ1) is 18.1. The van der Waals surface area contributed by atoms with Crippen molar-refractivity contribution in [2.24, 2.45) is 0 Å². The van der Waals surface area contributed by atoms with Gasteiger partial charge in [-0.1, -0.05) is 6.58 Å². The zero-order valence-electron chi connectivity index (χ0n) is 13.7. The minimum Gasteiger partial charge on any atom is -0.366 e. The predicted molar refractivity (Wildman–Crippen MR) is 86.3 cm³/mol. The zero-order valence-corrected chi connectivity index (χ0v) is 13.7. The Morgan fingerprint density at radius 1 is 1.38 bits per heavy atom. The van der Waals surface area contributed by atoms with Gasteiger partial charge < -0.3 is 14.5 Å². The molecule has 0 radical (unpaired) electrons. The van der Waals surface area contributed by atoms with Gasteiger partial charge in [-0.2, -0.15) is 0 Å². The lowest BCUT2D eigenvalue weighted by atomic mass is 10.0. The lowest BCUT2D eigenvalue weighted by Gasteiger charge is -2.39. The Hall–Kier alpha value is -2.28. The van der Waals surface area contributed by atoms with Gasteiger partial charge in [0, 0.05) is 24.8 Å². The van der Waals surface area contributed by atoms with Crippen molar-refractivity contribution in [3.8, 4) is 0 Å². The Kier molecular flexibility index (Phi) is 5.33. The largest absolute Gasteiger partial charge is 0.366 e. The van der Waals surface area contributed by atoms with Crippen LogP contribution in [0.1, 0.15) is 17.3 Å². The molecular formula is C17H20F2N2O3. The number of hydrogen-bond donors (Lipinski definition) is 0. The minimum absolute atomic E-state index is 0.0707. The van der Waals surface area contributed by atoms with Gasteiger partial charge in [-0.3, -0.25) is 9.59 Å². The average molecular weight is 338 g/mol. The maximum Gasteiger partial charge on any atom is 0.268 e. The molecule has 24 heavy (non-hydrogen) atoms. The molecule has 1 aliphatic heterocycles. The first-order valence-electron chi connectivity index (χ1n) is 7.50. The van der Waals surface area contributed by atoms with E-state index < -0.39 is 12.0 Å². The van der Waals surface area contributed by atoms with Gasteiger partial charge in [-0.25, -0.2) is 8.78 Å². The molecule has 2 amide bonds. The van der Waals surface area contributed by atoms with Crippen LogP contribution >= 0.6 is 0 Å². The Morgan fingerprint density at radius 2 is 2.00 bits per heavy atom. The molecular weight excluding hydrogens is 318 g/mol. The van der Waals surface area contributed by atoms with E-state index in [1.165, 1.54) is 22.8 Å². The third kappa shape index (κ3) is 3.62. The molecule has 1 unspecified atom stereocenters. The highest BCUT2D eigenvalue weighted by Crippen LogP contribution is 2.26. The maximum absolute atomic E-state index is 13.1. The number of rotatable bonds is 4. The number of benzene rings is 1. The van der Waals surface area contributed by atoms with Gasteiger partial charge in [0.1, 0.15) is 5.60 Å². The number of anilines is 1. The van der Waals surface area contributed by atoms with Gasteiger partial charge in [0.2, 0.25) is 5.91 Å². The standard InChI is InChI=1S/C17H20F2N2O3/c1-4-14(22)20(3)13-7-5-12(6-8-13)15(23)21-9-10-24-17(2,11-21)16(18)19/h4-8,16H,1,9-11H2,2-3H3. The highest BCUT2D eigenvalue weighted by molar-refractivity contribution is 6.01. The van der Waals surface area contributed by atoms with Crippen molar-refractivity contribution in [1.29, 1.82) is 0 Å². The summed E-state index contributed by atoms with van der Waals surface area (Å²) in [5.74, 6) is -0.607. The van der Waals surface area contributed by atoms with Gasteiger partial charge >= 0.3 is 0 Å².